The minimum absolute atomic E-state index is 0.0103. The topological polar surface area (TPSA) is 98.7 Å². The Kier molecular flexibility index (Phi) is 11.5. The predicted molar refractivity (Wildman–Crippen MR) is 126 cm³/mol. The lowest BCUT2D eigenvalue weighted by Crippen LogP contribution is -2.63. The molecule has 0 bridgehead atoms. The number of rotatable bonds is 12. The van der Waals surface area contributed by atoms with E-state index >= 15 is 0 Å². The van der Waals surface area contributed by atoms with Crippen LogP contribution < -0.4 is 10.6 Å². The van der Waals surface area contributed by atoms with Crippen LogP contribution in [0.5, 0.6) is 0 Å². The van der Waals surface area contributed by atoms with Crippen molar-refractivity contribution in [2.45, 2.75) is 98.7 Å². The molecule has 7 nitrogen and oxygen atoms in total. The number of hydrogen-bond donors (Lipinski definition) is 3. The molecule has 0 aromatic rings. The Hall–Kier alpha value is -1.89. The number of amides is 2. The first-order chi connectivity index (χ1) is 14.2. The molecule has 180 valence electrons. The number of carbonyl (C=O) groups is 3. The summed E-state index contributed by atoms with van der Waals surface area (Å²) in [6.07, 6.45) is 4.66. The maximum atomic E-state index is 13.6. The molecular formula is C24H45N3O4. The number of nitrogens with one attached hydrogen (secondary N) is 2. The average Bonchev–Trinajstić information content (AvgIpc) is 2.67. The third kappa shape index (κ3) is 7.95. The minimum Gasteiger partial charge on any atom is -0.478 e. The van der Waals surface area contributed by atoms with Crippen molar-refractivity contribution in [3.8, 4) is 0 Å². The van der Waals surface area contributed by atoms with Crippen LogP contribution in [0.3, 0.4) is 0 Å². The molecule has 1 unspecified atom stereocenters. The zero-order valence-electron chi connectivity index (χ0n) is 21.3. The summed E-state index contributed by atoms with van der Waals surface area (Å²) in [6, 6.07) is -1.14. The summed E-state index contributed by atoms with van der Waals surface area (Å²) >= 11 is 0. The zero-order valence-corrected chi connectivity index (χ0v) is 21.3. The lowest BCUT2D eigenvalue weighted by atomic mass is 9.82. The van der Waals surface area contributed by atoms with Crippen molar-refractivity contribution in [1.82, 2.24) is 15.5 Å². The van der Waals surface area contributed by atoms with E-state index in [1.165, 1.54) is 6.92 Å². The highest BCUT2D eigenvalue weighted by molar-refractivity contribution is 5.93. The second-order valence-corrected chi connectivity index (χ2v) is 9.94. The summed E-state index contributed by atoms with van der Waals surface area (Å²) in [4.78, 5) is 39.8. The highest BCUT2D eigenvalue weighted by Crippen LogP contribution is 2.26. The molecule has 2 atom stereocenters. The monoisotopic (exact) mass is 439 g/mol. The minimum atomic E-state index is -1.01. The van der Waals surface area contributed by atoms with E-state index in [9.17, 15) is 19.5 Å². The molecule has 0 aliphatic carbocycles. The fourth-order valence-electron chi connectivity index (χ4n) is 3.92. The van der Waals surface area contributed by atoms with E-state index in [1.807, 2.05) is 48.5 Å². The van der Waals surface area contributed by atoms with E-state index in [1.54, 1.807) is 25.1 Å². The SMILES string of the molecule is CCCC(CCC)(NC)C(=O)NC(C(=O)N(C)[C@H](/C=C(\C)C(=O)O)C(C)C)C(C)(C)C. The number of carboxylic acids is 1. The van der Waals surface area contributed by atoms with E-state index in [0.29, 0.717) is 12.8 Å². The van der Waals surface area contributed by atoms with Crippen LogP contribution in [0.2, 0.25) is 0 Å². The smallest absolute Gasteiger partial charge is 0.331 e. The summed E-state index contributed by atoms with van der Waals surface area (Å²) in [5.74, 6) is -1.40. The fourth-order valence-corrected chi connectivity index (χ4v) is 3.92. The first-order valence-electron chi connectivity index (χ1n) is 11.4. The van der Waals surface area contributed by atoms with Crippen molar-refractivity contribution in [1.29, 1.82) is 0 Å². The Morgan fingerprint density at radius 1 is 1.06 bits per heavy atom. The summed E-state index contributed by atoms with van der Waals surface area (Å²) < 4.78 is 0. The van der Waals surface area contributed by atoms with Crippen molar-refractivity contribution >= 4 is 17.8 Å². The van der Waals surface area contributed by atoms with Gasteiger partial charge < -0.3 is 20.6 Å². The zero-order chi connectivity index (χ0) is 24.6. The van der Waals surface area contributed by atoms with Gasteiger partial charge >= 0.3 is 5.97 Å². The molecule has 0 aromatic heterocycles. The lowest BCUT2D eigenvalue weighted by Gasteiger charge is -2.40. The molecule has 0 spiro atoms. The van der Waals surface area contributed by atoms with Crippen LogP contribution in [0.25, 0.3) is 0 Å². The maximum Gasteiger partial charge on any atom is 0.331 e. The Bertz CT molecular complexity index is 644. The summed E-state index contributed by atoms with van der Waals surface area (Å²) in [5, 5.41) is 15.5. The van der Waals surface area contributed by atoms with Gasteiger partial charge in [-0.2, -0.15) is 0 Å². The van der Waals surface area contributed by atoms with Gasteiger partial charge in [0.1, 0.15) is 6.04 Å². The molecule has 0 saturated heterocycles. The second-order valence-electron chi connectivity index (χ2n) is 9.94. The van der Waals surface area contributed by atoms with Crippen LogP contribution in [0.1, 0.15) is 81.1 Å². The number of nitrogens with zero attached hydrogens (tertiary/aromatic N) is 1. The lowest BCUT2D eigenvalue weighted by molar-refractivity contribution is -0.142. The largest absolute Gasteiger partial charge is 0.478 e. The Morgan fingerprint density at radius 3 is 1.87 bits per heavy atom. The van der Waals surface area contributed by atoms with Crippen molar-refractivity contribution in [3.63, 3.8) is 0 Å². The molecule has 0 aliphatic heterocycles. The third-order valence-corrected chi connectivity index (χ3v) is 5.89. The van der Waals surface area contributed by atoms with Gasteiger partial charge in [-0.15, -0.1) is 0 Å². The Morgan fingerprint density at radius 2 is 1.55 bits per heavy atom. The quantitative estimate of drug-likeness (QED) is 0.404. The number of aliphatic carboxylic acids is 1. The molecular weight excluding hydrogens is 394 g/mol. The molecule has 0 heterocycles. The van der Waals surface area contributed by atoms with E-state index in [-0.39, 0.29) is 23.3 Å². The van der Waals surface area contributed by atoms with E-state index in [2.05, 4.69) is 10.6 Å². The van der Waals surface area contributed by atoms with Gasteiger partial charge in [0.15, 0.2) is 0 Å². The van der Waals surface area contributed by atoms with Gasteiger partial charge in [0, 0.05) is 12.6 Å². The van der Waals surface area contributed by atoms with Crippen LogP contribution in [-0.4, -0.2) is 59.5 Å². The van der Waals surface area contributed by atoms with Crippen molar-refractivity contribution in [2.24, 2.45) is 11.3 Å². The maximum absolute atomic E-state index is 13.6. The predicted octanol–water partition coefficient (Wildman–Crippen LogP) is 3.59. The number of likely N-dealkylation sites (N-methyl/N-ethyl adjacent to an activating group) is 2. The van der Waals surface area contributed by atoms with Crippen LogP contribution in [0, 0.1) is 11.3 Å². The van der Waals surface area contributed by atoms with Gasteiger partial charge in [0.05, 0.1) is 11.6 Å². The van der Waals surface area contributed by atoms with Gasteiger partial charge in [-0.1, -0.05) is 67.4 Å². The fraction of sp³-hybridized carbons (Fsp3) is 0.792. The van der Waals surface area contributed by atoms with E-state index in [0.717, 1.165) is 12.8 Å². The highest BCUT2D eigenvalue weighted by atomic mass is 16.4. The molecule has 31 heavy (non-hydrogen) atoms. The highest BCUT2D eigenvalue weighted by Gasteiger charge is 2.42. The second kappa shape index (κ2) is 12.2. The normalized spacial score (nSPS) is 14.9. The van der Waals surface area contributed by atoms with Crippen molar-refractivity contribution < 1.29 is 19.5 Å². The van der Waals surface area contributed by atoms with Crippen LogP contribution >= 0.6 is 0 Å². The molecule has 7 heteroatoms. The summed E-state index contributed by atoms with van der Waals surface area (Å²) in [6.45, 7) is 15.3. The first-order valence-corrected chi connectivity index (χ1v) is 11.4. The summed E-state index contributed by atoms with van der Waals surface area (Å²) in [7, 11) is 3.46. The molecule has 0 aromatic carbocycles. The molecule has 0 rings (SSSR count). The van der Waals surface area contributed by atoms with Crippen LogP contribution in [0.4, 0.5) is 0 Å². The van der Waals surface area contributed by atoms with Gasteiger partial charge in [0.2, 0.25) is 11.8 Å². The van der Waals surface area contributed by atoms with E-state index in [4.69, 9.17) is 0 Å². The molecule has 3 N–H and O–H groups in total. The molecule has 0 saturated carbocycles. The number of carboxylic acid groups (broad SMARTS) is 1. The van der Waals surface area contributed by atoms with Crippen LogP contribution in [-0.2, 0) is 14.4 Å². The Balaban J connectivity index is 6.04. The standard InChI is InChI=1S/C24H45N3O4/c1-11-13-24(25-9,14-12-2)22(31)26-19(23(6,7)8)20(28)27(10)18(16(3)4)15-17(5)21(29)30/h15-16,18-19,25H,11-14H2,1-10H3,(H,26,31)(H,29,30)/b17-15+/t18-,19?/m1/s1. The van der Waals surface area contributed by atoms with Gasteiger partial charge in [-0.05, 0) is 38.1 Å². The molecule has 0 radical (unpaired) electrons. The van der Waals surface area contributed by atoms with Crippen molar-refractivity contribution in [2.75, 3.05) is 14.1 Å². The van der Waals surface area contributed by atoms with Gasteiger partial charge in [-0.25, -0.2) is 4.79 Å². The number of carbonyl (C=O) groups excluding carboxylic acids is 2. The first kappa shape index (κ1) is 29.1. The molecule has 2 amide bonds. The number of hydrogen-bond acceptors (Lipinski definition) is 4. The summed E-state index contributed by atoms with van der Waals surface area (Å²) in [5.41, 5.74) is -1.05. The van der Waals surface area contributed by atoms with E-state index < -0.39 is 29.0 Å². The third-order valence-electron chi connectivity index (χ3n) is 5.89. The van der Waals surface area contributed by atoms with Gasteiger partial charge in [0.25, 0.3) is 0 Å². The average molecular weight is 440 g/mol. The van der Waals surface area contributed by atoms with Gasteiger partial charge in [-0.3, -0.25) is 9.59 Å². The molecule has 0 aliphatic rings. The van der Waals surface area contributed by atoms with Crippen molar-refractivity contribution in [3.05, 3.63) is 11.6 Å². The Labute approximate surface area is 189 Å². The van der Waals surface area contributed by atoms with Crippen LogP contribution in [0.15, 0.2) is 11.6 Å². The molecule has 0 fully saturated rings.